The minimum atomic E-state index is -0.500. The van der Waals surface area contributed by atoms with Gasteiger partial charge in [0.05, 0.1) is 31.4 Å². The molecular weight excluding hydrogens is 471 g/mol. The highest BCUT2D eigenvalue weighted by molar-refractivity contribution is 5.98. The highest BCUT2D eigenvalue weighted by atomic mass is 19.1. The molecule has 0 spiro atoms. The lowest BCUT2D eigenvalue weighted by Gasteiger charge is -2.18. The number of para-hydroxylation sites is 1. The Kier molecular flexibility index (Phi) is 8.46. The standard InChI is InChI=1S/C30H33FN2O4/c1-4-12-37-29-11-10-20(21-13-23(31)17-25(15-21)36-5-2)16-27(29)30(35)32-24(19-34)14-22-18-33(3)28-9-7-6-8-26(22)28/h6-11,13,15-18,24,34H,4-5,12,14,19H2,1-3H3,(H,32,35)/t24-/m1/s1. The third-order valence-electron chi connectivity index (χ3n) is 6.20. The summed E-state index contributed by atoms with van der Waals surface area (Å²) in [5.41, 5.74) is 3.70. The van der Waals surface area contributed by atoms with Gasteiger partial charge in [0, 0.05) is 30.2 Å². The molecule has 1 amide bonds. The number of ether oxygens (including phenoxy) is 2. The van der Waals surface area contributed by atoms with Gasteiger partial charge in [-0.05, 0) is 66.8 Å². The van der Waals surface area contributed by atoms with Gasteiger partial charge in [-0.3, -0.25) is 4.79 Å². The van der Waals surface area contributed by atoms with Crippen molar-refractivity contribution in [2.45, 2.75) is 32.7 Å². The summed E-state index contributed by atoms with van der Waals surface area (Å²) in [5, 5.41) is 14.2. The summed E-state index contributed by atoms with van der Waals surface area (Å²) in [4.78, 5) is 13.5. The van der Waals surface area contributed by atoms with E-state index in [4.69, 9.17) is 9.47 Å². The molecule has 6 nitrogen and oxygen atoms in total. The Morgan fingerprint density at radius 1 is 1.05 bits per heavy atom. The SMILES string of the molecule is CCCOc1ccc(-c2cc(F)cc(OCC)c2)cc1C(=O)N[C@@H](CO)Cc1cn(C)c2ccccc12. The molecule has 0 unspecified atom stereocenters. The number of carbonyl (C=O) groups is 1. The second-order valence-electron chi connectivity index (χ2n) is 9.01. The van der Waals surface area contributed by atoms with Gasteiger partial charge in [0.25, 0.3) is 5.91 Å². The van der Waals surface area contributed by atoms with Crippen molar-refractivity contribution in [2.75, 3.05) is 19.8 Å². The molecular formula is C30H33FN2O4. The van der Waals surface area contributed by atoms with Crippen LogP contribution >= 0.6 is 0 Å². The fraction of sp³-hybridized carbons (Fsp3) is 0.300. The molecule has 0 aliphatic rings. The van der Waals surface area contributed by atoms with Gasteiger partial charge in [-0.1, -0.05) is 31.2 Å². The summed E-state index contributed by atoms with van der Waals surface area (Å²) in [7, 11) is 1.98. The molecule has 0 fully saturated rings. The van der Waals surface area contributed by atoms with Crippen LogP contribution in [0.15, 0.2) is 66.9 Å². The van der Waals surface area contributed by atoms with Gasteiger partial charge in [0.15, 0.2) is 0 Å². The van der Waals surface area contributed by atoms with E-state index in [1.54, 1.807) is 24.3 Å². The number of amides is 1. The summed E-state index contributed by atoms with van der Waals surface area (Å²) in [6.07, 6.45) is 3.27. The summed E-state index contributed by atoms with van der Waals surface area (Å²) in [6, 6.07) is 17.2. The Morgan fingerprint density at radius 3 is 2.62 bits per heavy atom. The fourth-order valence-corrected chi connectivity index (χ4v) is 4.48. The number of fused-ring (bicyclic) bond motifs is 1. The number of benzene rings is 3. The van der Waals surface area contributed by atoms with Crippen molar-refractivity contribution in [3.63, 3.8) is 0 Å². The molecule has 0 aliphatic heterocycles. The maximum Gasteiger partial charge on any atom is 0.255 e. The van der Waals surface area contributed by atoms with E-state index in [1.165, 1.54) is 12.1 Å². The van der Waals surface area contributed by atoms with E-state index in [2.05, 4.69) is 5.32 Å². The third kappa shape index (κ3) is 6.12. The first kappa shape index (κ1) is 26.2. The molecule has 2 N–H and O–H groups in total. The monoisotopic (exact) mass is 504 g/mol. The van der Waals surface area contributed by atoms with Crippen LogP contribution in [0.5, 0.6) is 11.5 Å². The van der Waals surface area contributed by atoms with Crippen LogP contribution in [-0.4, -0.2) is 41.4 Å². The van der Waals surface area contributed by atoms with Crippen LogP contribution in [0.25, 0.3) is 22.0 Å². The van der Waals surface area contributed by atoms with Gasteiger partial charge in [-0.2, -0.15) is 0 Å². The maximum atomic E-state index is 14.3. The van der Waals surface area contributed by atoms with Crippen LogP contribution in [0.2, 0.25) is 0 Å². The topological polar surface area (TPSA) is 72.7 Å². The molecule has 0 saturated heterocycles. The number of aryl methyl sites for hydroxylation is 1. The molecule has 194 valence electrons. The van der Waals surface area contributed by atoms with E-state index in [-0.39, 0.29) is 12.5 Å². The molecule has 4 aromatic rings. The third-order valence-corrected chi connectivity index (χ3v) is 6.20. The van der Waals surface area contributed by atoms with E-state index in [1.807, 2.05) is 55.9 Å². The number of hydrogen-bond donors (Lipinski definition) is 2. The number of rotatable bonds is 11. The molecule has 0 aliphatic carbocycles. The lowest BCUT2D eigenvalue weighted by Crippen LogP contribution is -2.39. The predicted molar refractivity (Wildman–Crippen MR) is 144 cm³/mol. The lowest BCUT2D eigenvalue weighted by molar-refractivity contribution is 0.0912. The van der Waals surface area contributed by atoms with E-state index >= 15 is 0 Å². The normalized spacial score (nSPS) is 11.9. The molecule has 7 heteroatoms. The van der Waals surface area contributed by atoms with Crippen LogP contribution in [0.3, 0.4) is 0 Å². The Morgan fingerprint density at radius 2 is 1.86 bits per heavy atom. The molecule has 1 aromatic heterocycles. The first-order valence-electron chi connectivity index (χ1n) is 12.6. The number of carbonyl (C=O) groups excluding carboxylic acids is 1. The van der Waals surface area contributed by atoms with Crippen LogP contribution in [0.1, 0.15) is 36.2 Å². The molecule has 0 radical (unpaired) electrons. The maximum absolute atomic E-state index is 14.3. The average Bonchev–Trinajstić information content (AvgIpc) is 3.21. The molecule has 0 saturated carbocycles. The van der Waals surface area contributed by atoms with Crippen LogP contribution < -0.4 is 14.8 Å². The minimum Gasteiger partial charge on any atom is -0.494 e. The van der Waals surface area contributed by atoms with E-state index < -0.39 is 11.9 Å². The van der Waals surface area contributed by atoms with Crippen molar-refractivity contribution in [1.29, 1.82) is 0 Å². The minimum absolute atomic E-state index is 0.221. The van der Waals surface area contributed by atoms with Gasteiger partial charge in [0.1, 0.15) is 17.3 Å². The lowest BCUT2D eigenvalue weighted by atomic mass is 10.0. The Hall–Kier alpha value is -3.84. The number of nitrogens with one attached hydrogen (secondary N) is 1. The summed E-state index contributed by atoms with van der Waals surface area (Å²) >= 11 is 0. The number of hydrogen-bond acceptors (Lipinski definition) is 4. The van der Waals surface area contributed by atoms with Crippen molar-refractivity contribution in [1.82, 2.24) is 9.88 Å². The Balaban J connectivity index is 1.63. The molecule has 4 rings (SSSR count). The van der Waals surface area contributed by atoms with E-state index in [0.717, 1.165) is 22.9 Å². The summed E-state index contributed by atoms with van der Waals surface area (Å²) in [6.45, 7) is 4.47. The number of halogens is 1. The highest BCUT2D eigenvalue weighted by Gasteiger charge is 2.20. The van der Waals surface area contributed by atoms with Crippen LogP contribution in [0.4, 0.5) is 4.39 Å². The van der Waals surface area contributed by atoms with Crippen molar-refractivity contribution in [3.8, 4) is 22.6 Å². The summed E-state index contributed by atoms with van der Waals surface area (Å²) in [5.74, 6) is 0.0685. The van der Waals surface area contributed by atoms with Crippen LogP contribution in [-0.2, 0) is 13.5 Å². The van der Waals surface area contributed by atoms with E-state index in [0.29, 0.717) is 47.8 Å². The highest BCUT2D eigenvalue weighted by Crippen LogP contribution is 2.30. The van der Waals surface area contributed by atoms with E-state index in [9.17, 15) is 14.3 Å². The molecule has 3 aromatic carbocycles. The molecule has 1 atom stereocenters. The van der Waals surface area contributed by atoms with Gasteiger partial charge in [-0.25, -0.2) is 4.39 Å². The van der Waals surface area contributed by atoms with Gasteiger partial charge >= 0.3 is 0 Å². The van der Waals surface area contributed by atoms with Crippen LogP contribution in [0, 0.1) is 5.82 Å². The zero-order valence-corrected chi connectivity index (χ0v) is 21.5. The smallest absolute Gasteiger partial charge is 0.255 e. The summed E-state index contributed by atoms with van der Waals surface area (Å²) < 4.78 is 27.6. The number of aliphatic hydroxyl groups is 1. The Bertz CT molecular complexity index is 1380. The number of aliphatic hydroxyl groups excluding tert-OH is 1. The fourth-order valence-electron chi connectivity index (χ4n) is 4.48. The zero-order valence-electron chi connectivity index (χ0n) is 21.5. The number of nitrogens with zero attached hydrogens (tertiary/aromatic N) is 1. The second kappa shape index (κ2) is 11.9. The quantitative estimate of drug-likeness (QED) is 0.283. The first-order chi connectivity index (χ1) is 17.9. The van der Waals surface area contributed by atoms with Gasteiger partial charge in [0.2, 0.25) is 0 Å². The molecule has 0 bridgehead atoms. The number of aromatic nitrogens is 1. The predicted octanol–water partition coefficient (Wildman–Crippen LogP) is 5.51. The molecule has 37 heavy (non-hydrogen) atoms. The first-order valence-corrected chi connectivity index (χ1v) is 12.6. The van der Waals surface area contributed by atoms with Crippen molar-refractivity contribution >= 4 is 16.8 Å². The largest absolute Gasteiger partial charge is 0.494 e. The van der Waals surface area contributed by atoms with Gasteiger partial charge < -0.3 is 24.5 Å². The Labute approximate surface area is 216 Å². The second-order valence-corrected chi connectivity index (χ2v) is 9.01. The van der Waals surface area contributed by atoms with Crippen molar-refractivity contribution in [2.24, 2.45) is 7.05 Å². The van der Waals surface area contributed by atoms with Gasteiger partial charge in [-0.15, -0.1) is 0 Å². The average molecular weight is 505 g/mol. The van der Waals surface area contributed by atoms with Crippen molar-refractivity contribution in [3.05, 3.63) is 83.8 Å². The van der Waals surface area contributed by atoms with Crippen molar-refractivity contribution < 1.29 is 23.8 Å². The zero-order chi connectivity index (χ0) is 26.4. The molecule has 1 heterocycles.